The third-order valence-electron chi connectivity index (χ3n) is 2.51. The maximum absolute atomic E-state index is 11.7. The quantitative estimate of drug-likeness (QED) is 0.853. The summed E-state index contributed by atoms with van der Waals surface area (Å²) in [6.07, 6.45) is 4.43. The molecule has 0 aliphatic rings. The van der Waals surface area contributed by atoms with Crippen LogP contribution in [0.5, 0.6) is 5.75 Å². The van der Waals surface area contributed by atoms with E-state index in [0.29, 0.717) is 5.65 Å². The molecule has 1 N–H and O–H groups in total. The predicted octanol–water partition coefficient (Wildman–Crippen LogP) is 1.74. The monoisotopic (exact) mass is 218 g/mol. The van der Waals surface area contributed by atoms with Crippen LogP contribution >= 0.6 is 0 Å². The molecule has 0 saturated carbocycles. The van der Waals surface area contributed by atoms with Crippen molar-refractivity contribution < 1.29 is 5.11 Å². The van der Waals surface area contributed by atoms with E-state index in [1.807, 2.05) is 0 Å². The molecular formula is C12H14N2O2. The Morgan fingerprint density at radius 3 is 3.06 bits per heavy atom. The summed E-state index contributed by atoms with van der Waals surface area (Å²) in [6, 6.07) is 4.69. The molecule has 2 aromatic heterocycles. The lowest BCUT2D eigenvalue weighted by molar-refractivity contribution is 0.476. The molecule has 0 aliphatic heterocycles. The lowest BCUT2D eigenvalue weighted by Gasteiger charge is -2.04. The third kappa shape index (κ3) is 1.91. The van der Waals surface area contributed by atoms with Crippen LogP contribution in [-0.2, 0) is 6.42 Å². The van der Waals surface area contributed by atoms with E-state index in [1.165, 1.54) is 16.5 Å². The van der Waals surface area contributed by atoms with Gasteiger partial charge in [0, 0.05) is 18.0 Å². The van der Waals surface area contributed by atoms with E-state index >= 15 is 0 Å². The van der Waals surface area contributed by atoms with Gasteiger partial charge in [-0.05, 0) is 25.0 Å². The zero-order valence-electron chi connectivity index (χ0n) is 9.18. The molecule has 2 rings (SSSR count). The van der Waals surface area contributed by atoms with Crippen molar-refractivity contribution in [3.8, 4) is 5.75 Å². The highest BCUT2D eigenvalue weighted by Gasteiger charge is 2.05. The minimum atomic E-state index is -0.146. The van der Waals surface area contributed by atoms with Crippen molar-refractivity contribution in [3.63, 3.8) is 0 Å². The Bertz CT molecular complexity index is 560. The van der Waals surface area contributed by atoms with Gasteiger partial charge in [-0.25, -0.2) is 4.98 Å². The van der Waals surface area contributed by atoms with E-state index < -0.39 is 0 Å². The van der Waals surface area contributed by atoms with Gasteiger partial charge in [0.25, 0.3) is 5.56 Å². The van der Waals surface area contributed by atoms with Crippen LogP contribution in [0.3, 0.4) is 0 Å². The normalized spacial score (nSPS) is 10.8. The second kappa shape index (κ2) is 4.35. The molecule has 0 amide bonds. The van der Waals surface area contributed by atoms with Crippen LogP contribution in [0.1, 0.15) is 25.5 Å². The summed E-state index contributed by atoms with van der Waals surface area (Å²) in [5.41, 5.74) is 0.932. The van der Waals surface area contributed by atoms with Gasteiger partial charge in [-0.1, -0.05) is 13.3 Å². The maximum Gasteiger partial charge on any atom is 0.258 e. The summed E-state index contributed by atoms with van der Waals surface area (Å²) in [5.74, 6) is 0.0398. The van der Waals surface area contributed by atoms with Gasteiger partial charge in [0.2, 0.25) is 0 Å². The number of fused-ring (bicyclic) bond motifs is 1. The Balaban J connectivity index is 2.57. The molecule has 0 atom stereocenters. The first-order valence-electron chi connectivity index (χ1n) is 5.42. The summed E-state index contributed by atoms with van der Waals surface area (Å²) < 4.78 is 1.35. The van der Waals surface area contributed by atoms with Gasteiger partial charge in [-0.3, -0.25) is 9.20 Å². The van der Waals surface area contributed by atoms with Crippen molar-refractivity contribution in [3.05, 3.63) is 40.4 Å². The van der Waals surface area contributed by atoms with Gasteiger partial charge in [0.05, 0.1) is 0 Å². The van der Waals surface area contributed by atoms with Crippen LogP contribution in [0, 0.1) is 0 Å². The standard InChI is InChI=1S/C12H14N2O2/c1-2-3-5-9-8-11(16)14-7-4-6-10(15)12(14)13-9/h4,6-8,15H,2-3,5H2,1H3. The van der Waals surface area contributed by atoms with Crippen molar-refractivity contribution in [2.75, 3.05) is 0 Å². The molecule has 0 aliphatic carbocycles. The second-order valence-corrected chi connectivity index (χ2v) is 3.78. The van der Waals surface area contributed by atoms with E-state index in [-0.39, 0.29) is 11.3 Å². The molecule has 2 aromatic rings. The fraction of sp³-hybridized carbons (Fsp3) is 0.333. The number of aryl methyl sites for hydroxylation is 1. The molecule has 0 saturated heterocycles. The second-order valence-electron chi connectivity index (χ2n) is 3.78. The summed E-state index contributed by atoms with van der Waals surface area (Å²) in [7, 11) is 0. The van der Waals surface area contributed by atoms with Crippen molar-refractivity contribution in [2.24, 2.45) is 0 Å². The Kier molecular flexibility index (Phi) is 2.90. The molecule has 16 heavy (non-hydrogen) atoms. The molecular weight excluding hydrogens is 204 g/mol. The first-order valence-corrected chi connectivity index (χ1v) is 5.42. The van der Waals surface area contributed by atoms with Crippen LogP contribution in [-0.4, -0.2) is 14.5 Å². The smallest absolute Gasteiger partial charge is 0.258 e. The SMILES string of the molecule is CCCCc1cc(=O)n2cccc(O)c2n1. The molecule has 0 radical (unpaired) electrons. The molecule has 84 valence electrons. The van der Waals surface area contributed by atoms with E-state index in [0.717, 1.165) is 25.0 Å². The van der Waals surface area contributed by atoms with Gasteiger partial charge >= 0.3 is 0 Å². The molecule has 0 fully saturated rings. The Morgan fingerprint density at radius 2 is 2.31 bits per heavy atom. The lowest BCUT2D eigenvalue weighted by atomic mass is 10.2. The molecule has 0 bridgehead atoms. The molecule has 0 unspecified atom stereocenters. The summed E-state index contributed by atoms with van der Waals surface area (Å²) in [6.45, 7) is 2.09. The Morgan fingerprint density at radius 1 is 1.50 bits per heavy atom. The highest BCUT2D eigenvalue weighted by molar-refractivity contribution is 5.52. The van der Waals surface area contributed by atoms with Crippen LogP contribution in [0.2, 0.25) is 0 Å². The maximum atomic E-state index is 11.7. The largest absolute Gasteiger partial charge is 0.504 e. The first kappa shape index (κ1) is 10.7. The summed E-state index contributed by atoms with van der Waals surface area (Å²) >= 11 is 0. The van der Waals surface area contributed by atoms with Crippen LogP contribution in [0.25, 0.3) is 5.65 Å². The summed E-state index contributed by atoms with van der Waals surface area (Å²) in [5, 5.41) is 9.62. The van der Waals surface area contributed by atoms with Crippen molar-refractivity contribution in [1.82, 2.24) is 9.38 Å². The van der Waals surface area contributed by atoms with Crippen LogP contribution in [0.4, 0.5) is 0 Å². The van der Waals surface area contributed by atoms with Gasteiger partial charge in [-0.2, -0.15) is 0 Å². The number of nitrogens with zero attached hydrogens (tertiary/aromatic N) is 2. The average Bonchev–Trinajstić information content (AvgIpc) is 2.28. The van der Waals surface area contributed by atoms with E-state index in [2.05, 4.69) is 11.9 Å². The number of aromatic hydroxyl groups is 1. The number of hydrogen-bond donors (Lipinski definition) is 1. The van der Waals surface area contributed by atoms with Gasteiger partial charge < -0.3 is 5.11 Å². The molecule has 2 heterocycles. The van der Waals surface area contributed by atoms with E-state index in [4.69, 9.17) is 0 Å². The van der Waals surface area contributed by atoms with E-state index in [9.17, 15) is 9.90 Å². The van der Waals surface area contributed by atoms with Crippen LogP contribution < -0.4 is 5.56 Å². The molecule has 0 aromatic carbocycles. The summed E-state index contributed by atoms with van der Waals surface area (Å²) in [4.78, 5) is 16.0. The predicted molar refractivity (Wildman–Crippen MR) is 61.7 cm³/mol. The van der Waals surface area contributed by atoms with E-state index in [1.54, 1.807) is 12.3 Å². The van der Waals surface area contributed by atoms with Gasteiger partial charge in [-0.15, -0.1) is 0 Å². The number of unbranched alkanes of at least 4 members (excludes halogenated alkanes) is 1. The van der Waals surface area contributed by atoms with Gasteiger partial charge in [0.1, 0.15) is 0 Å². The third-order valence-corrected chi connectivity index (χ3v) is 2.51. The number of aromatic nitrogens is 2. The zero-order valence-corrected chi connectivity index (χ0v) is 9.18. The number of hydrogen-bond acceptors (Lipinski definition) is 3. The highest BCUT2D eigenvalue weighted by Crippen LogP contribution is 2.14. The fourth-order valence-electron chi connectivity index (χ4n) is 1.64. The molecule has 0 spiro atoms. The lowest BCUT2D eigenvalue weighted by Crippen LogP contribution is -2.15. The van der Waals surface area contributed by atoms with Gasteiger partial charge in [0.15, 0.2) is 11.4 Å². The number of pyridine rings is 1. The van der Waals surface area contributed by atoms with Crippen molar-refractivity contribution >= 4 is 5.65 Å². The molecule has 4 heteroatoms. The highest BCUT2D eigenvalue weighted by atomic mass is 16.3. The number of rotatable bonds is 3. The minimum Gasteiger partial charge on any atom is -0.504 e. The van der Waals surface area contributed by atoms with Crippen molar-refractivity contribution in [1.29, 1.82) is 0 Å². The van der Waals surface area contributed by atoms with Crippen LogP contribution in [0.15, 0.2) is 29.2 Å². The minimum absolute atomic E-state index is 0.0398. The Labute approximate surface area is 93.2 Å². The first-order chi connectivity index (χ1) is 7.72. The zero-order chi connectivity index (χ0) is 11.5. The topological polar surface area (TPSA) is 54.6 Å². The fourth-order valence-corrected chi connectivity index (χ4v) is 1.64. The Hall–Kier alpha value is -1.84. The molecule has 4 nitrogen and oxygen atoms in total. The van der Waals surface area contributed by atoms with Crippen molar-refractivity contribution in [2.45, 2.75) is 26.2 Å². The average molecular weight is 218 g/mol.